The molecule has 0 aliphatic carbocycles. The number of aromatic nitrogens is 3. The van der Waals surface area contributed by atoms with Crippen molar-refractivity contribution in [3.63, 3.8) is 0 Å². The molecule has 172 valence electrons. The molecule has 9 nitrogen and oxygen atoms in total. The van der Waals surface area contributed by atoms with Crippen molar-refractivity contribution in [2.24, 2.45) is 10.9 Å². The summed E-state index contributed by atoms with van der Waals surface area (Å²) in [5.41, 5.74) is 1.91. The highest BCUT2D eigenvalue weighted by atomic mass is 16.5. The molecular formula is C24H29N7O2. The van der Waals surface area contributed by atoms with Gasteiger partial charge < -0.3 is 20.1 Å². The second-order valence-corrected chi connectivity index (χ2v) is 8.01. The number of guanidine groups is 1. The number of amides is 1. The van der Waals surface area contributed by atoms with Crippen LogP contribution in [-0.2, 0) is 17.6 Å². The van der Waals surface area contributed by atoms with E-state index in [0.717, 1.165) is 19.5 Å². The summed E-state index contributed by atoms with van der Waals surface area (Å²) in [5.74, 6) is 2.20. The fourth-order valence-electron chi connectivity index (χ4n) is 3.82. The number of hydrogen-bond acceptors (Lipinski definition) is 6. The molecule has 1 unspecified atom stereocenters. The number of hydrogen-bond donors (Lipinski definition) is 2. The number of carbonyl (C=O) groups is 1. The maximum atomic E-state index is 12.4. The maximum absolute atomic E-state index is 12.4. The van der Waals surface area contributed by atoms with E-state index in [9.17, 15) is 4.79 Å². The summed E-state index contributed by atoms with van der Waals surface area (Å²) in [7, 11) is 1.73. The van der Waals surface area contributed by atoms with Crippen molar-refractivity contribution in [1.29, 1.82) is 0 Å². The molecule has 33 heavy (non-hydrogen) atoms. The molecule has 9 heteroatoms. The fraction of sp³-hybridized carbons (Fsp3) is 0.375. The Morgan fingerprint density at radius 2 is 2.00 bits per heavy atom. The molecule has 3 heterocycles. The zero-order valence-electron chi connectivity index (χ0n) is 18.8. The Bertz CT molecular complexity index is 1050. The van der Waals surface area contributed by atoms with E-state index in [2.05, 4.69) is 42.9 Å². The first-order valence-electron chi connectivity index (χ1n) is 11.2. The molecule has 1 aromatic carbocycles. The molecule has 2 N–H and O–H groups in total. The Balaban J connectivity index is 1.17. The van der Waals surface area contributed by atoms with Crippen LogP contribution in [0.25, 0.3) is 11.6 Å². The van der Waals surface area contributed by atoms with E-state index in [1.807, 2.05) is 41.3 Å². The van der Waals surface area contributed by atoms with Gasteiger partial charge >= 0.3 is 0 Å². The van der Waals surface area contributed by atoms with E-state index in [1.165, 1.54) is 5.56 Å². The van der Waals surface area contributed by atoms with E-state index < -0.39 is 0 Å². The second kappa shape index (κ2) is 11.2. The molecule has 1 atom stereocenters. The van der Waals surface area contributed by atoms with Crippen LogP contribution < -0.4 is 10.6 Å². The predicted molar refractivity (Wildman–Crippen MR) is 125 cm³/mol. The summed E-state index contributed by atoms with van der Waals surface area (Å²) in [6.45, 7) is 2.83. The molecule has 1 aliphatic heterocycles. The predicted octanol–water partition coefficient (Wildman–Crippen LogP) is 1.93. The topological polar surface area (TPSA) is 109 Å². The third-order valence-electron chi connectivity index (χ3n) is 5.58. The number of rotatable bonds is 9. The number of nitrogens with one attached hydrogen (secondary N) is 2. The van der Waals surface area contributed by atoms with Crippen molar-refractivity contribution in [3.05, 3.63) is 66.1 Å². The molecule has 0 spiro atoms. The number of benzene rings is 1. The van der Waals surface area contributed by atoms with Crippen molar-refractivity contribution in [1.82, 2.24) is 30.7 Å². The largest absolute Gasteiger partial charge is 0.356 e. The zero-order chi connectivity index (χ0) is 22.9. The van der Waals surface area contributed by atoms with Gasteiger partial charge in [-0.1, -0.05) is 41.6 Å². The molecule has 0 radical (unpaired) electrons. The highest BCUT2D eigenvalue weighted by Gasteiger charge is 2.29. The highest BCUT2D eigenvalue weighted by Crippen LogP contribution is 2.17. The van der Waals surface area contributed by atoms with E-state index in [4.69, 9.17) is 4.52 Å². The van der Waals surface area contributed by atoms with Crippen LogP contribution in [0.4, 0.5) is 0 Å². The first kappa shape index (κ1) is 22.4. The highest BCUT2D eigenvalue weighted by molar-refractivity contribution is 5.80. The third kappa shape index (κ3) is 6.38. The van der Waals surface area contributed by atoms with Gasteiger partial charge in [0.05, 0.1) is 0 Å². The molecule has 0 saturated carbocycles. The van der Waals surface area contributed by atoms with Gasteiger partial charge in [0.2, 0.25) is 5.91 Å². The summed E-state index contributed by atoms with van der Waals surface area (Å²) < 4.78 is 5.28. The first-order valence-corrected chi connectivity index (χ1v) is 11.2. The molecular weight excluding hydrogens is 418 g/mol. The van der Waals surface area contributed by atoms with Gasteiger partial charge in [0.15, 0.2) is 11.8 Å². The standard InChI is InChI=1S/C24H29N7O2/c1-25-24(27-13-10-21-29-23(33-30-21)20-9-5-6-12-26-20)28-16-19-15-22(32)31(17-19)14-11-18-7-3-2-4-8-18/h2-9,12,19H,10-11,13-17H2,1H3,(H2,25,27,28). The molecule has 1 saturated heterocycles. The summed E-state index contributed by atoms with van der Waals surface area (Å²) in [6, 6.07) is 15.8. The average Bonchev–Trinajstić information content (AvgIpc) is 3.47. The molecule has 3 aromatic rings. The lowest BCUT2D eigenvalue weighted by molar-refractivity contribution is -0.127. The first-order chi connectivity index (χ1) is 16.2. The smallest absolute Gasteiger partial charge is 0.276 e. The van der Waals surface area contributed by atoms with Crippen LogP contribution in [0.3, 0.4) is 0 Å². The molecule has 1 aliphatic rings. The van der Waals surface area contributed by atoms with E-state index in [0.29, 0.717) is 49.3 Å². The van der Waals surface area contributed by atoms with Crippen LogP contribution in [0.5, 0.6) is 0 Å². The van der Waals surface area contributed by atoms with Gasteiger partial charge in [-0.05, 0) is 24.1 Å². The molecule has 2 aromatic heterocycles. The number of pyridine rings is 1. The number of carbonyl (C=O) groups excluding carboxylic acids is 1. The summed E-state index contributed by atoms with van der Waals surface area (Å²) in [4.78, 5) is 27.2. The Kier molecular flexibility index (Phi) is 7.63. The van der Waals surface area contributed by atoms with Crippen molar-refractivity contribution in [2.75, 3.05) is 33.2 Å². The van der Waals surface area contributed by atoms with Crippen LogP contribution in [-0.4, -0.2) is 65.1 Å². The van der Waals surface area contributed by atoms with Crippen LogP contribution >= 0.6 is 0 Å². The molecule has 1 amide bonds. The van der Waals surface area contributed by atoms with E-state index in [-0.39, 0.29) is 11.8 Å². The summed E-state index contributed by atoms with van der Waals surface area (Å²) in [5, 5.41) is 10.6. The Hall–Kier alpha value is -3.75. The summed E-state index contributed by atoms with van der Waals surface area (Å²) in [6.07, 6.45) is 3.73. The van der Waals surface area contributed by atoms with Gasteiger partial charge in [-0.3, -0.25) is 14.8 Å². The lowest BCUT2D eigenvalue weighted by Crippen LogP contribution is -2.41. The van der Waals surface area contributed by atoms with Crippen molar-refractivity contribution >= 4 is 11.9 Å². The van der Waals surface area contributed by atoms with Gasteiger partial charge in [-0.2, -0.15) is 4.98 Å². The van der Waals surface area contributed by atoms with Gasteiger partial charge in [-0.25, -0.2) is 0 Å². The van der Waals surface area contributed by atoms with Crippen LogP contribution in [0.1, 0.15) is 17.8 Å². The molecule has 4 rings (SSSR count). The number of likely N-dealkylation sites (tertiary alicyclic amines) is 1. The zero-order valence-corrected chi connectivity index (χ0v) is 18.8. The Labute approximate surface area is 193 Å². The van der Waals surface area contributed by atoms with Gasteiger partial charge in [0.25, 0.3) is 5.89 Å². The minimum Gasteiger partial charge on any atom is -0.356 e. The SMILES string of the molecule is CN=C(NCCc1noc(-c2ccccn2)n1)NCC1CC(=O)N(CCc2ccccc2)C1. The summed E-state index contributed by atoms with van der Waals surface area (Å²) >= 11 is 0. The fourth-order valence-corrected chi connectivity index (χ4v) is 3.82. The minimum absolute atomic E-state index is 0.224. The van der Waals surface area contributed by atoms with Gasteiger partial charge in [-0.15, -0.1) is 0 Å². The van der Waals surface area contributed by atoms with Crippen LogP contribution in [0, 0.1) is 5.92 Å². The van der Waals surface area contributed by atoms with Crippen molar-refractivity contribution in [2.45, 2.75) is 19.3 Å². The number of nitrogens with zero attached hydrogens (tertiary/aromatic N) is 5. The Morgan fingerprint density at radius 1 is 1.15 bits per heavy atom. The quantitative estimate of drug-likeness (QED) is 0.381. The van der Waals surface area contributed by atoms with E-state index >= 15 is 0 Å². The maximum Gasteiger partial charge on any atom is 0.276 e. The normalized spacial score (nSPS) is 16.3. The lowest BCUT2D eigenvalue weighted by Gasteiger charge is -2.17. The Morgan fingerprint density at radius 3 is 2.79 bits per heavy atom. The minimum atomic E-state index is 0.224. The van der Waals surface area contributed by atoms with Crippen molar-refractivity contribution in [3.8, 4) is 11.6 Å². The molecule has 1 fully saturated rings. The van der Waals surface area contributed by atoms with Crippen molar-refractivity contribution < 1.29 is 9.32 Å². The third-order valence-corrected chi connectivity index (χ3v) is 5.58. The molecule has 0 bridgehead atoms. The van der Waals surface area contributed by atoms with Crippen LogP contribution in [0.2, 0.25) is 0 Å². The monoisotopic (exact) mass is 447 g/mol. The van der Waals surface area contributed by atoms with E-state index in [1.54, 1.807) is 13.2 Å². The average molecular weight is 448 g/mol. The second-order valence-electron chi connectivity index (χ2n) is 8.01. The van der Waals surface area contributed by atoms with Gasteiger partial charge in [0, 0.05) is 58.2 Å². The lowest BCUT2D eigenvalue weighted by atomic mass is 10.1. The van der Waals surface area contributed by atoms with Crippen LogP contribution in [0.15, 0.2) is 64.2 Å². The number of aliphatic imine (C=N–C) groups is 1. The van der Waals surface area contributed by atoms with Gasteiger partial charge in [0.1, 0.15) is 5.69 Å².